The number of hydrogen-bond donors (Lipinski definition) is 0. The molecule has 0 aliphatic carbocycles. The predicted octanol–water partition coefficient (Wildman–Crippen LogP) is 1.76. The fourth-order valence-corrected chi connectivity index (χ4v) is 0.429. The van der Waals surface area contributed by atoms with E-state index in [9.17, 15) is 8.78 Å². The first-order chi connectivity index (χ1) is 4.80. The Bertz CT molecular complexity index is 212. The van der Waals surface area contributed by atoms with Crippen LogP contribution in [0.4, 0.5) is 8.78 Å². The van der Waals surface area contributed by atoms with Gasteiger partial charge in [0, 0.05) is 6.21 Å². The molecule has 0 fully saturated rings. The summed E-state index contributed by atoms with van der Waals surface area (Å²) in [4.78, 5) is 0. The van der Waals surface area contributed by atoms with Crippen LogP contribution in [0.15, 0.2) is 34.3 Å². The van der Waals surface area contributed by atoms with Crippen molar-refractivity contribution in [1.82, 2.24) is 0 Å². The predicted molar refractivity (Wildman–Crippen MR) is 35.4 cm³/mol. The van der Waals surface area contributed by atoms with Gasteiger partial charge in [0.2, 0.25) is 0 Å². The van der Waals surface area contributed by atoms with E-state index in [1.54, 1.807) is 0 Å². The molecule has 0 amide bonds. The Kier molecular flexibility index (Phi) is 2.04. The lowest BCUT2D eigenvalue weighted by Crippen LogP contribution is -1.88. The first-order valence-electron chi connectivity index (χ1n) is 2.60. The molecule has 0 aromatic rings. The van der Waals surface area contributed by atoms with Crippen LogP contribution < -0.4 is 0 Å². The fourth-order valence-electron chi connectivity index (χ4n) is 0.429. The second-order valence-corrected chi connectivity index (χ2v) is 1.55. The summed E-state index contributed by atoms with van der Waals surface area (Å²) in [5, 5.41) is 6.07. The number of halogens is 2. The van der Waals surface area contributed by atoms with Crippen LogP contribution >= 0.6 is 0 Å². The Morgan fingerprint density at radius 2 is 2.00 bits per heavy atom. The summed E-state index contributed by atoms with van der Waals surface area (Å²) >= 11 is 0. The van der Waals surface area contributed by atoms with Crippen LogP contribution in [-0.2, 0) is 0 Å². The summed E-state index contributed by atoms with van der Waals surface area (Å²) in [5.41, 5.74) is 0. The average Bonchev–Trinajstić information content (AvgIpc) is 1.92. The van der Waals surface area contributed by atoms with E-state index in [0.29, 0.717) is 0 Å². The molecule has 1 aliphatic heterocycles. The molecule has 0 saturated carbocycles. The molecule has 1 rings (SSSR count). The third-order valence-electron chi connectivity index (χ3n) is 0.849. The van der Waals surface area contributed by atoms with Crippen molar-refractivity contribution in [2.45, 2.75) is 0 Å². The Labute approximate surface area is 56.3 Å². The zero-order valence-electron chi connectivity index (χ0n) is 4.96. The topological polar surface area (TPSA) is 24.7 Å². The molecule has 2 nitrogen and oxygen atoms in total. The summed E-state index contributed by atoms with van der Waals surface area (Å²) in [6, 6.07) is 0. The molecule has 0 aromatic heterocycles. The Morgan fingerprint density at radius 3 is 2.80 bits per heavy atom. The van der Waals surface area contributed by atoms with Crippen molar-refractivity contribution in [3.8, 4) is 0 Å². The minimum absolute atomic E-state index is 0.976. The molecule has 0 atom stereocenters. The lowest BCUT2D eigenvalue weighted by molar-refractivity contribution is 0.638. The van der Waals surface area contributed by atoms with Crippen molar-refractivity contribution < 1.29 is 8.78 Å². The van der Waals surface area contributed by atoms with Crippen molar-refractivity contribution >= 4 is 12.2 Å². The van der Waals surface area contributed by atoms with Crippen molar-refractivity contribution in [2.75, 3.05) is 0 Å². The Hall–Kier alpha value is -1.32. The first kappa shape index (κ1) is 6.80. The second-order valence-electron chi connectivity index (χ2n) is 1.55. The standard InChI is InChI=1S/C6H4F2N2/c7-5-3-1-2-4-9-10-6(5)8/h1-4H/b2-1-,3-1?,4-2?,5-3?,6-5?,9-4-,10-6?,10-9?. The van der Waals surface area contributed by atoms with Gasteiger partial charge in [-0.05, 0) is 12.2 Å². The highest BCUT2D eigenvalue weighted by Crippen LogP contribution is 2.03. The molecule has 0 aromatic carbocycles. The first-order valence-corrected chi connectivity index (χ1v) is 2.60. The van der Waals surface area contributed by atoms with Crippen LogP contribution in [0, 0.1) is 0 Å². The van der Waals surface area contributed by atoms with Crippen LogP contribution in [0.2, 0.25) is 0 Å². The van der Waals surface area contributed by atoms with Gasteiger partial charge in [-0.2, -0.15) is 9.49 Å². The van der Waals surface area contributed by atoms with Gasteiger partial charge in [0.1, 0.15) is 0 Å². The molecule has 4 heteroatoms. The van der Waals surface area contributed by atoms with Gasteiger partial charge in [-0.25, -0.2) is 4.39 Å². The molecule has 10 heavy (non-hydrogen) atoms. The Balaban J connectivity index is 2.91. The molecule has 1 heterocycles. The molecule has 0 saturated heterocycles. The third kappa shape index (κ3) is 1.58. The molecule has 0 unspecified atom stereocenters. The molecule has 0 radical (unpaired) electrons. The maximum Gasteiger partial charge on any atom is 0.268 e. The average molecular weight is 142 g/mol. The van der Waals surface area contributed by atoms with Gasteiger partial charge in [0.15, 0.2) is 5.83 Å². The van der Waals surface area contributed by atoms with E-state index < -0.39 is 11.8 Å². The van der Waals surface area contributed by atoms with Gasteiger partial charge in [-0.15, -0.1) is 5.10 Å². The molecule has 0 bridgehead atoms. The molecule has 0 N–H and O–H groups in total. The monoisotopic (exact) mass is 142 g/mol. The van der Waals surface area contributed by atoms with Crippen LogP contribution in [0.25, 0.3) is 0 Å². The largest absolute Gasteiger partial charge is 0.268 e. The minimum Gasteiger partial charge on any atom is -0.202 e. The number of hydrogen-bond acceptors (Lipinski definition) is 2. The van der Waals surface area contributed by atoms with Crippen molar-refractivity contribution in [2.24, 2.45) is 10.2 Å². The quantitative estimate of drug-likeness (QED) is 0.492. The van der Waals surface area contributed by atoms with Crippen molar-refractivity contribution in [3.63, 3.8) is 0 Å². The van der Waals surface area contributed by atoms with Crippen LogP contribution in [-0.4, -0.2) is 12.2 Å². The van der Waals surface area contributed by atoms with E-state index in [1.807, 2.05) is 0 Å². The van der Waals surface area contributed by atoms with Gasteiger partial charge in [-0.1, -0.05) is 6.08 Å². The minimum atomic E-state index is -1.19. The van der Waals surface area contributed by atoms with Gasteiger partial charge in [0.25, 0.3) is 5.97 Å². The third-order valence-corrected chi connectivity index (χ3v) is 0.849. The normalized spacial score (nSPS) is 23.8. The molecule has 1 aliphatic rings. The molecular weight excluding hydrogens is 138 g/mol. The SMILES string of the molecule is FC1=C/C=C\C=N/N=C1F. The van der Waals surface area contributed by atoms with Gasteiger partial charge in [-0.3, -0.25) is 0 Å². The number of nitrogens with zero attached hydrogens (tertiary/aromatic N) is 2. The van der Waals surface area contributed by atoms with Crippen molar-refractivity contribution in [3.05, 3.63) is 24.1 Å². The zero-order valence-corrected chi connectivity index (χ0v) is 4.96. The second kappa shape index (κ2) is 3.00. The molecule has 0 spiro atoms. The van der Waals surface area contributed by atoms with Gasteiger partial charge in [0.05, 0.1) is 0 Å². The van der Waals surface area contributed by atoms with E-state index in [1.165, 1.54) is 18.4 Å². The fraction of sp³-hybridized carbons (Fsp3) is 0. The highest BCUT2D eigenvalue weighted by Gasteiger charge is 2.02. The summed E-state index contributed by atoms with van der Waals surface area (Å²) in [7, 11) is 0. The van der Waals surface area contributed by atoms with E-state index in [0.717, 1.165) is 6.08 Å². The summed E-state index contributed by atoms with van der Waals surface area (Å²) in [6.45, 7) is 0. The van der Waals surface area contributed by atoms with E-state index in [4.69, 9.17) is 0 Å². The summed E-state index contributed by atoms with van der Waals surface area (Å²) < 4.78 is 24.4. The molecule has 52 valence electrons. The maximum absolute atomic E-state index is 12.2. The van der Waals surface area contributed by atoms with Crippen LogP contribution in [0.1, 0.15) is 0 Å². The highest BCUT2D eigenvalue weighted by molar-refractivity contribution is 5.91. The zero-order chi connectivity index (χ0) is 7.40. The lowest BCUT2D eigenvalue weighted by atomic mass is 10.4. The number of rotatable bonds is 0. The molecular formula is C6H4F2N2. The summed E-state index contributed by atoms with van der Waals surface area (Å²) in [5.74, 6) is -2.20. The van der Waals surface area contributed by atoms with Gasteiger partial charge < -0.3 is 0 Å². The van der Waals surface area contributed by atoms with Crippen LogP contribution in [0.3, 0.4) is 0 Å². The highest BCUT2D eigenvalue weighted by atomic mass is 19.2. The number of allylic oxidation sites excluding steroid dienone is 4. The lowest BCUT2D eigenvalue weighted by Gasteiger charge is -1.88. The van der Waals surface area contributed by atoms with Crippen LogP contribution in [0.5, 0.6) is 0 Å². The smallest absolute Gasteiger partial charge is 0.202 e. The van der Waals surface area contributed by atoms with E-state index in [-0.39, 0.29) is 0 Å². The van der Waals surface area contributed by atoms with E-state index >= 15 is 0 Å². The van der Waals surface area contributed by atoms with E-state index in [2.05, 4.69) is 10.2 Å². The summed E-state index contributed by atoms with van der Waals surface area (Å²) in [6.07, 6.45) is 5.04. The maximum atomic E-state index is 12.2. The van der Waals surface area contributed by atoms with Crippen molar-refractivity contribution in [1.29, 1.82) is 0 Å². The Morgan fingerprint density at radius 1 is 1.20 bits per heavy atom. The van der Waals surface area contributed by atoms with Gasteiger partial charge >= 0.3 is 0 Å².